The number of para-hydroxylation sites is 2. The topological polar surface area (TPSA) is 83.1 Å². The Bertz CT molecular complexity index is 1190. The molecule has 7 nitrogen and oxygen atoms in total. The summed E-state index contributed by atoms with van der Waals surface area (Å²) >= 11 is 1.58. The molecule has 2 aromatic heterocycles. The number of aromatic nitrogens is 3. The number of nitrogens with zero attached hydrogens (tertiary/aromatic N) is 3. The number of amides is 1. The zero-order valence-corrected chi connectivity index (χ0v) is 18.3. The minimum Gasteiger partial charge on any atom is -0.378 e. The van der Waals surface area contributed by atoms with Gasteiger partial charge in [-0.1, -0.05) is 42.1 Å². The van der Waals surface area contributed by atoms with Crippen molar-refractivity contribution in [1.29, 1.82) is 0 Å². The van der Waals surface area contributed by atoms with E-state index in [4.69, 9.17) is 4.74 Å². The molecule has 4 aromatic rings. The number of hydrogen-bond donors (Lipinski definition) is 2. The molecule has 1 saturated heterocycles. The number of carbonyl (C=O) groups is 1. The summed E-state index contributed by atoms with van der Waals surface area (Å²) in [7, 11) is 0. The highest BCUT2D eigenvalue weighted by molar-refractivity contribution is 7.98. The summed E-state index contributed by atoms with van der Waals surface area (Å²) in [5.74, 6) is 1.39. The number of rotatable bonds is 6. The molecule has 1 aliphatic rings. The normalized spacial score (nSPS) is 13.9. The number of morpholine rings is 1. The predicted molar refractivity (Wildman–Crippen MR) is 127 cm³/mol. The SMILES string of the molecule is O=C(Nc1ccc(N2CCOCC2)nc1)c1ccccc1CSc1nc2ccccc2[nH]1. The lowest BCUT2D eigenvalue weighted by molar-refractivity contribution is 0.102. The van der Waals surface area contributed by atoms with E-state index in [1.165, 1.54) is 0 Å². The molecule has 0 unspecified atom stereocenters. The summed E-state index contributed by atoms with van der Waals surface area (Å²) in [4.78, 5) is 27.6. The monoisotopic (exact) mass is 445 g/mol. The minimum absolute atomic E-state index is 0.147. The maximum Gasteiger partial charge on any atom is 0.256 e. The van der Waals surface area contributed by atoms with Gasteiger partial charge < -0.3 is 19.9 Å². The molecule has 0 atom stereocenters. The van der Waals surface area contributed by atoms with Gasteiger partial charge in [0.05, 0.1) is 36.1 Å². The van der Waals surface area contributed by atoms with Crippen molar-refractivity contribution in [3.8, 4) is 0 Å². The van der Waals surface area contributed by atoms with E-state index < -0.39 is 0 Å². The van der Waals surface area contributed by atoms with Crippen LogP contribution in [0.3, 0.4) is 0 Å². The van der Waals surface area contributed by atoms with Gasteiger partial charge in [-0.3, -0.25) is 4.79 Å². The number of carbonyl (C=O) groups excluding carboxylic acids is 1. The number of aromatic amines is 1. The van der Waals surface area contributed by atoms with Gasteiger partial charge in [0.25, 0.3) is 5.91 Å². The van der Waals surface area contributed by atoms with E-state index in [0.717, 1.165) is 40.7 Å². The molecular weight excluding hydrogens is 422 g/mol. The molecule has 1 amide bonds. The summed E-state index contributed by atoms with van der Waals surface area (Å²) in [6.07, 6.45) is 1.70. The van der Waals surface area contributed by atoms with Gasteiger partial charge in [0.1, 0.15) is 5.82 Å². The lowest BCUT2D eigenvalue weighted by atomic mass is 10.1. The van der Waals surface area contributed by atoms with Crippen molar-refractivity contribution in [3.63, 3.8) is 0 Å². The third-order valence-corrected chi connectivity index (χ3v) is 6.26. The lowest BCUT2D eigenvalue weighted by Gasteiger charge is -2.27. The average Bonchev–Trinajstić information content (AvgIpc) is 3.27. The summed E-state index contributed by atoms with van der Waals surface area (Å²) in [6, 6.07) is 19.4. The molecule has 0 aliphatic carbocycles. The number of fused-ring (bicyclic) bond motifs is 1. The number of imidazole rings is 1. The number of nitrogens with one attached hydrogen (secondary N) is 2. The van der Waals surface area contributed by atoms with Crippen molar-refractivity contribution in [2.24, 2.45) is 0 Å². The first-order chi connectivity index (χ1) is 15.8. The fourth-order valence-electron chi connectivity index (χ4n) is 3.65. The van der Waals surface area contributed by atoms with Gasteiger partial charge in [0, 0.05) is 24.4 Å². The molecule has 0 bridgehead atoms. The average molecular weight is 446 g/mol. The maximum atomic E-state index is 13.0. The van der Waals surface area contributed by atoms with Crippen LogP contribution in [0.2, 0.25) is 0 Å². The highest BCUT2D eigenvalue weighted by Crippen LogP contribution is 2.25. The summed E-state index contributed by atoms with van der Waals surface area (Å²) in [6.45, 7) is 3.08. The minimum atomic E-state index is -0.147. The van der Waals surface area contributed by atoms with Crippen LogP contribution in [0.4, 0.5) is 11.5 Å². The largest absolute Gasteiger partial charge is 0.378 e. The lowest BCUT2D eigenvalue weighted by Crippen LogP contribution is -2.36. The highest BCUT2D eigenvalue weighted by atomic mass is 32.2. The van der Waals surface area contributed by atoms with E-state index in [2.05, 4.69) is 25.2 Å². The zero-order chi connectivity index (χ0) is 21.8. The Morgan fingerprint density at radius 1 is 1.06 bits per heavy atom. The van der Waals surface area contributed by atoms with Crippen LogP contribution < -0.4 is 10.2 Å². The van der Waals surface area contributed by atoms with Gasteiger partial charge in [0.2, 0.25) is 0 Å². The molecular formula is C24H23N5O2S. The number of ether oxygens (including phenoxy) is 1. The van der Waals surface area contributed by atoms with E-state index >= 15 is 0 Å². The molecule has 162 valence electrons. The van der Waals surface area contributed by atoms with Crippen molar-refractivity contribution in [2.45, 2.75) is 10.9 Å². The fourth-order valence-corrected chi connectivity index (χ4v) is 4.54. The molecule has 3 heterocycles. The van der Waals surface area contributed by atoms with Gasteiger partial charge in [-0.2, -0.15) is 0 Å². The van der Waals surface area contributed by atoms with Crippen LogP contribution in [0.25, 0.3) is 11.0 Å². The first-order valence-electron chi connectivity index (χ1n) is 10.5. The molecule has 0 saturated carbocycles. The Morgan fingerprint density at radius 3 is 2.69 bits per heavy atom. The molecule has 2 N–H and O–H groups in total. The van der Waals surface area contributed by atoms with Gasteiger partial charge in [-0.05, 0) is 35.9 Å². The Hall–Kier alpha value is -3.36. The second-order valence-corrected chi connectivity index (χ2v) is 8.43. The van der Waals surface area contributed by atoms with Crippen LogP contribution in [0.1, 0.15) is 15.9 Å². The third kappa shape index (κ3) is 4.61. The van der Waals surface area contributed by atoms with Crippen molar-refractivity contribution < 1.29 is 9.53 Å². The number of H-pyrrole nitrogens is 1. The zero-order valence-electron chi connectivity index (χ0n) is 17.5. The van der Waals surface area contributed by atoms with Crippen LogP contribution >= 0.6 is 11.8 Å². The number of thioether (sulfide) groups is 1. The van der Waals surface area contributed by atoms with E-state index in [9.17, 15) is 4.79 Å². The number of benzene rings is 2. The molecule has 0 radical (unpaired) electrons. The molecule has 0 spiro atoms. The van der Waals surface area contributed by atoms with E-state index in [0.29, 0.717) is 30.2 Å². The predicted octanol–water partition coefficient (Wildman–Crippen LogP) is 4.34. The maximum absolute atomic E-state index is 13.0. The molecule has 2 aromatic carbocycles. The Morgan fingerprint density at radius 2 is 1.88 bits per heavy atom. The Labute approximate surface area is 190 Å². The van der Waals surface area contributed by atoms with Crippen molar-refractivity contribution >= 4 is 40.2 Å². The van der Waals surface area contributed by atoms with Crippen molar-refractivity contribution in [1.82, 2.24) is 15.0 Å². The summed E-state index contributed by atoms with van der Waals surface area (Å²) in [5.41, 5.74) is 4.22. The second kappa shape index (κ2) is 9.42. The summed E-state index contributed by atoms with van der Waals surface area (Å²) in [5, 5.41) is 3.81. The second-order valence-electron chi connectivity index (χ2n) is 7.46. The van der Waals surface area contributed by atoms with Crippen molar-refractivity contribution in [2.75, 3.05) is 36.5 Å². The highest BCUT2D eigenvalue weighted by Gasteiger charge is 2.15. The van der Waals surface area contributed by atoms with Gasteiger partial charge >= 0.3 is 0 Å². The van der Waals surface area contributed by atoms with Crippen LogP contribution in [0, 0.1) is 0 Å². The number of hydrogen-bond acceptors (Lipinski definition) is 6. The summed E-state index contributed by atoms with van der Waals surface area (Å²) < 4.78 is 5.39. The Kier molecular flexibility index (Phi) is 6.04. The molecule has 8 heteroatoms. The van der Waals surface area contributed by atoms with E-state index in [1.54, 1.807) is 18.0 Å². The number of anilines is 2. The van der Waals surface area contributed by atoms with E-state index in [1.807, 2.05) is 60.7 Å². The number of pyridine rings is 1. The quantitative estimate of drug-likeness (QED) is 0.430. The third-order valence-electron chi connectivity index (χ3n) is 5.33. The van der Waals surface area contributed by atoms with Gasteiger partial charge in [-0.15, -0.1) is 0 Å². The fraction of sp³-hybridized carbons (Fsp3) is 0.208. The Balaban J connectivity index is 1.26. The molecule has 1 fully saturated rings. The van der Waals surface area contributed by atoms with Crippen LogP contribution in [0.15, 0.2) is 72.0 Å². The smallest absolute Gasteiger partial charge is 0.256 e. The molecule has 32 heavy (non-hydrogen) atoms. The van der Waals surface area contributed by atoms with Gasteiger partial charge in [0.15, 0.2) is 5.16 Å². The van der Waals surface area contributed by atoms with Gasteiger partial charge in [-0.25, -0.2) is 9.97 Å². The van der Waals surface area contributed by atoms with Crippen LogP contribution in [-0.2, 0) is 10.5 Å². The van der Waals surface area contributed by atoms with Crippen molar-refractivity contribution in [3.05, 3.63) is 78.0 Å². The van der Waals surface area contributed by atoms with E-state index in [-0.39, 0.29) is 5.91 Å². The molecule has 5 rings (SSSR count). The molecule has 1 aliphatic heterocycles. The first kappa shape index (κ1) is 20.5. The first-order valence-corrected chi connectivity index (χ1v) is 11.5. The van der Waals surface area contributed by atoms with Crippen LogP contribution in [-0.4, -0.2) is 47.2 Å². The van der Waals surface area contributed by atoms with Crippen LogP contribution in [0.5, 0.6) is 0 Å². The standard InChI is InChI=1S/C24H23N5O2S/c30-23(26-18-9-10-22(25-15-18)29-11-13-31-14-12-29)19-6-2-1-5-17(19)16-32-24-27-20-7-3-4-8-21(20)28-24/h1-10,15H,11-14,16H2,(H,26,30)(H,27,28).